The minimum Gasteiger partial charge on any atom is -0.453 e. The van der Waals surface area contributed by atoms with Gasteiger partial charge in [0.2, 0.25) is 0 Å². The van der Waals surface area contributed by atoms with Crippen molar-refractivity contribution in [3.05, 3.63) is 78.1 Å². The fraction of sp³-hybridized carbons (Fsp3) is 0.308. The van der Waals surface area contributed by atoms with Crippen LogP contribution in [0.15, 0.2) is 75.6 Å². The summed E-state index contributed by atoms with van der Waals surface area (Å²) in [5.74, 6) is 0. The van der Waals surface area contributed by atoms with E-state index < -0.39 is 0 Å². The predicted molar refractivity (Wildman–Crippen MR) is 184 cm³/mol. The molecular weight excluding hydrogens is 542 g/mol. The SMILES string of the molecule is [C-]#[N+]c1cc2c3cc4ccc(N5CCCCC5C)cc4cc3oc2c2oc3cc4cc(N5CCCCC5C)ccc4cc3c12. The highest BCUT2D eigenvalue weighted by molar-refractivity contribution is 6.25. The van der Waals surface area contributed by atoms with Crippen molar-refractivity contribution in [1.82, 2.24) is 0 Å². The molecule has 5 nitrogen and oxygen atoms in total. The summed E-state index contributed by atoms with van der Waals surface area (Å²) in [7, 11) is 0. The van der Waals surface area contributed by atoms with Crippen LogP contribution in [-0.2, 0) is 0 Å². The van der Waals surface area contributed by atoms with E-state index in [9.17, 15) is 0 Å². The Morgan fingerprint density at radius 2 is 1.18 bits per heavy atom. The van der Waals surface area contributed by atoms with Gasteiger partial charge in [0.15, 0.2) is 16.9 Å². The molecule has 0 aliphatic carbocycles. The Morgan fingerprint density at radius 3 is 1.77 bits per heavy atom. The molecule has 2 atom stereocenters. The van der Waals surface area contributed by atoms with Gasteiger partial charge in [-0.05, 0) is 129 Å². The molecule has 0 spiro atoms. The summed E-state index contributed by atoms with van der Waals surface area (Å²) in [5, 5.41) is 8.40. The maximum atomic E-state index is 8.11. The largest absolute Gasteiger partial charge is 0.453 e. The molecular formula is C39H35N3O2. The summed E-state index contributed by atoms with van der Waals surface area (Å²) in [6, 6.07) is 25.3. The van der Waals surface area contributed by atoms with E-state index in [1.54, 1.807) is 0 Å². The number of furan rings is 2. The summed E-state index contributed by atoms with van der Waals surface area (Å²) >= 11 is 0. The van der Waals surface area contributed by atoms with Crippen LogP contribution in [-0.4, -0.2) is 25.2 Å². The molecule has 0 amide bonds. The highest BCUT2D eigenvalue weighted by Crippen LogP contribution is 2.46. The summed E-state index contributed by atoms with van der Waals surface area (Å²) < 4.78 is 13.2. The minimum atomic E-state index is 0.551. The third kappa shape index (κ3) is 3.83. The van der Waals surface area contributed by atoms with Crippen LogP contribution < -0.4 is 9.80 Å². The standard InChI is InChI=1S/C39H35N3O2/c1-23-8-4-6-14-41(23)29-12-10-25-18-31-32-22-34(40-3)37-33-19-26-11-13-30(42-15-7-5-9-24(42)2)17-28(26)21-36(33)44-39(37)38(32)43-35(31)20-27(25)16-29/h10-13,16-24H,4-9,14-15H2,1-2H3. The van der Waals surface area contributed by atoms with Crippen LogP contribution in [0.3, 0.4) is 0 Å². The Bertz CT molecular complexity index is 2320. The summed E-state index contributed by atoms with van der Waals surface area (Å²) in [4.78, 5) is 9.05. The highest BCUT2D eigenvalue weighted by atomic mass is 16.4. The lowest BCUT2D eigenvalue weighted by Crippen LogP contribution is -2.37. The normalized spacial score (nSPS) is 19.7. The van der Waals surface area contributed by atoms with E-state index in [-0.39, 0.29) is 0 Å². The van der Waals surface area contributed by atoms with Gasteiger partial charge >= 0.3 is 0 Å². The van der Waals surface area contributed by atoms with Crippen LogP contribution >= 0.6 is 0 Å². The molecule has 2 saturated heterocycles. The Kier molecular flexibility index (Phi) is 5.66. The van der Waals surface area contributed by atoms with Gasteiger partial charge in [0.1, 0.15) is 11.2 Å². The number of benzene rings is 5. The predicted octanol–water partition coefficient (Wildman–Crippen LogP) is 11.1. The molecule has 0 saturated carbocycles. The first-order valence-corrected chi connectivity index (χ1v) is 16.2. The topological polar surface area (TPSA) is 37.1 Å². The monoisotopic (exact) mass is 577 g/mol. The van der Waals surface area contributed by atoms with Crippen LogP contribution in [0.25, 0.3) is 70.3 Å². The van der Waals surface area contributed by atoms with Gasteiger partial charge in [-0.1, -0.05) is 12.1 Å². The zero-order chi connectivity index (χ0) is 29.5. The maximum Gasteiger partial charge on any atom is 0.199 e. The zero-order valence-electron chi connectivity index (χ0n) is 25.3. The number of hydrogen-bond donors (Lipinski definition) is 0. The molecule has 0 N–H and O–H groups in total. The quantitative estimate of drug-likeness (QED) is 0.192. The van der Waals surface area contributed by atoms with Crippen molar-refractivity contribution in [2.75, 3.05) is 22.9 Å². The van der Waals surface area contributed by atoms with E-state index in [0.29, 0.717) is 28.9 Å². The van der Waals surface area contributed by atoms with E-state index in [1.165, 1.54) is 60.7 Å². The smallest absolute Gasteiger partial charge is 0.199 e. The first kappa shape index (κ1) is 25.8. The molecule has 0 bridgehead atoms. The summed E-state index contributed by atoms with van der Waals surface area (Å²) in [5.41, 5.74) is 6.14. The van der Waals surface area contributed by atoms with Crippen LogP contribution in [0.4, 0.5) is 17.1 Å². The summed E-state index contributed by atoms with van der Waals surface area (Å²) in [6.07, 6.45) is 7.58. The van der Waals surface area contributed by atoms with Gasteiger partial charge in [-0.3, -0.25) is 0 Å². The second-order valence-corrected chi connectivity index (χ2v) is 13.1. The molecule has 5 heteroatoms. The Morgan fingerprint density at radius 1 is 0.614 bits per heavy atom. The number of fused-ring (bicyclic) bond motifs is 9. The first-order valence-electron chi connectivity index (χ1n) is 16.2. The number of rotatable bonds is 2. The second kappa shape index (κ2) is 9.66. The van der Waals surface area contributed by atoms with Crippen molar-refractivity contribution >= 4 is 82.5 Å². The van der Waals surface area contributed by atoms with Gasteiger partial charge < -0.3 is 18.6 Å². The number of piperidine rings is 2. The zero-order valence-corrected chi connectivity index (χ0v) is 25.3. The van der Waals surface area contributed by atoms with E-state index in [1.807, 2.05) is 6.07 Å². The molecule has 2 aliphatic rings. The molecule has 4 heterocycles. The lowest BCUT2D eigenvalue weighted by atomic mass is 10.00. The maximum absolute atomic E-state index is 8.11. The van der Waals surface area contributed by atoms with Crippen molar-refractivity contribution in [1.29, 1.82) is 0 Å². The van der Waals surface area contributed by atoms with Gasteiger partial charge in [0.05, 0.1) is 6.57 Å². The molecule has 2 fully saturated rings. The Balaban J connectivity index is 1.22. The van der Waals surface area contributed by atoms with Crippen molar-refractivity contribution < 1.29 is 8.83 Å². The molecule has 2 aromatic heterocycles. The average Bonchev–Trinajstić information content (AvgIpc) is 3.59. The van der Waals surface area contributed by atoms with E-state index in [2.05, 4.69) is 89.2 Å². The fourth-order valence-electron chi connectivity index (χ4n) is 8.02. The Labute approximate surface area is 256 Å². The van der Waals surface area contributed by atoms with Crippen LogP contribution in [0.2, 0.25) is 0 Å². The van der Waals surface area contributed by atoms with Gasteiger partial charge in [-0.25, -0.2) is 4.85 Å². The van der Waals surface area contributed by atoms with Crippen molar-refractivity contribution in [2.45, 2.75) is 64.5 Å². The van der Waals surface area contributed by atoms with Crippen LogP contribution in [0.1, 0.15) is 52.4 Å². The van der Waals surface area contributed by atoms with Gasteiger partial charge in [-0.15, -0.1) is 0 Å². The second-order valence-electron chi connectivity index (χ2n) is 13.1. The lowest BCUT2D eigenvalue weighted by molar-refractivity contribution is 0.485. The summed E-state index contributed by atoms with van der Waals surface area (Å²) in [6.45, 7) is 15.0. The third-order valence-corrected chi connectivity index (χ3v) is 10.4. The number of nitrogens with zero attached hydrogens (tertiary/aromatic N) is 3. The lowest BCUT2D eigenvalue weighted by Gasteiger charge is -2.35. The van der Waals surface area contributed by atoms with Gasteiger partial charge in [-0.2, -0.15) is 0 Å². The van der Waals surface area contributed by atoms with Gasteiger partial charge in [0.25, 0.3) is 0 Å². The molecule has 44 heavy (non-hydrogen) atoms. The van der Waals surface area contributed by atoms with Crippen LogP contribution in [0.5, 0.6) is 0 Å². The molecule has 5 aromatic carbocycles. The molecule has 7 aromatic rings. The van der Waals surface area contributed by atoms with Crippen molar-refractivity contribution in [2.24, 2.45) is 0 Å². The molecule has 9 rings (SSSR count). The van der Waals surface area contributed by atoms with Gasteiger partial charge in [0, 0.05) is 58.1 Å². The van der Waals surface area contributed by atoms with Crippen molar-refractivity contribution in [3.8, 4) is 0 Å². The number of hydrogen-bond acceptors (Lipinski definition) is 4. The molecule has 2 unspecified atom stereocenters. The molecule has 218 valence electrons. The Hall–Kier alpha value is -4.69. The van der Waals surface area contributed by atoms with E-state index in [0.717, 1.165) is 56.6 Å². The molecule has 0 radical (unpaired) electrons. The minimum absolute atomic E-state index is 0.551. The first-order chi connectivity index (χ1) is 21.6. The average molecular weight is 578 g/mol. The van der Waals surface area contributed by atoms with E-state index >= 15 is 0 Å². The third-order valence-electron chi connectivity index (χ3n) is 10.4. The van der Waals surface area contributed by atoms with E-state index in [4.69, 9.17) is 15.4 Å². The number of anilines is 2. The van der Waals surface area contributed by atoms with Crippen LogP contribution in [0, 0.1) is 6.57 Å². The highest BCUT2D eigenvalue weighted by Gasteiger charge is 2.23. The fourth-order valence-corrected chi connectivity index (χ4v) is 8.02. The molecule has 2 aliphatic heterocycles. The van der Waals surface area contributed by atoms with Crippen molar-refractivity contribution in [3.63, 3.8) is 0 Å².